The van der Waals surface area contributed by atoms with Crippen molar-refractivity contribution in [2.45, 2.75) is 6.04 Å². The predicted octanol–water partition coefficient (Wildman–Crippen LogP) is 2.20. The van der Waals surface area contributed by atoms with Crippen LogP contribution in [0.25, 0.3) is 0 Å². The number of benzene rings is 1. The van der Waals surface area contributed by atoms with Gasteiger partial charge in [0.25, 0.3) is 0 Å². The van der Waals surface area contributed by atoms with Gasteiger partial charge in [0.1, 0.15) is 5.82 Å². The molecule has 3 heteroatoms. The largest absolute Gasteiger partial charge is 0.363 e. The normalized spacial score (nSPS) is 12.2. The molecule has 0 aliphatic heterocycles. The fraction of sp³-hybridized carbons (Fsp3) is 0.214. The van der Waals surface area contributed by atoms with Crippen LogP contribution in [0.1, 0.15) is 17.2 Å². The van der Waals surface area contributed by atoms with Gasteiger partial charge < -0.3 is 10.6 Å². The van der Waals surface area contributed by atoms with Crippen LogP contribution in [0, 0.1) is 0 Å². The molecule has 2 aromatic rings. The van der Waals surface area contributed by atoms with Crippen molar-refractivity contribution in [3.05, 3.63) is 59.8 Å². The number of aromatic nitrogens is 1. The highest BCUT2D eigenvalue weighted by Crippen LogP contribution is 2.19. The van der Waals surface area contributed by atoms with Crippen molar-refractivity contribution in [1.29, 1.82) is 0 Å². The summed E-state index contributed by atoms with van der Waals surface area (Å²) < 4.78 is 0. The molecule has 88 valence electrons. The van der Waals surface area contributed by atoms with Crippen LogP contribution in [0.3, 0.4) is 0 Å². The molecule has 0 aliphatic rings. The average Bonchev–Trinajstić information content (AvgIpc) is 2.39. The van der Waals surface area contributed by atoms with Crippen molar-refractivity contribution in [3.8, 4) is 0 Å². The Kier molecular flexibility index (Phi) is 3.40. The SMILES string of the molecule is CN(C)c1ccc(C(N)c2ccccc2)cn1. The van der Waals surface area contributed by atoms with E-state index in [4.69, 9.17) is 5.73 Å². The average molecular weight is 227 g/mol. The molecule has 3 nitrogen and oxygen atoms in total. The molecular formula is C14H17N3. The van der Waals surface area contributed by atoms with E-state index in [0.29, 0.717) is 0 Å². The van der Waals surface area contributed by atoms with Crippen LogP contribution in [-0.4, -0.2) is 19.1 Å². The van der Waals surface area contributed by atoms with Gasteiger partial charge in [-0.15, -0.1) is 0 Å². The second kappa shape index (κ2) is 4.97. The third-order valence-corrected chi connectivity index (χ3v) is 2.75. The summed E-state index contributed by atoms with van der Waals surface area (Å²) in [6.45, 7) is 0. The minimum Gasteiger partial charge on any atom is -0.363 e. The smallest absolute Gasteiger partial charge is 0.127 e. The standard InChI is InChI=1S/C14H17N3/c1-17(2)13-9-8-12(10-16-13)14(15)11-6-4-3-5-7-11/h3-10,14H,15H2,1-2H3. The lowest BCUT2D eigenvalue weighted by atomic mass is 10.0. The third kappa shape index (κ3) is 2.63. The van der Waals surface area contributed by atoms with Crippen LogP contribution in [0.2, 0.25) is 0 Å². The number of nitrogens with two attached hydrogens (primary N) is 1. The number of anilines is 1. The Balaban J connectivity index is 2.23. The highest BCUT2D eigenvalue weighted by Gasteiger charge is 2.08. The molecule has 1 aromatic heterocycles. The summed E-state index contributed by atoms with van der Waals surface area (Å²) in [5.41, 5.74) is 8.32. The molecule has 1 unspecified atom stereocenters. The Bertz CT molecular complexity index is 463. The van der Waals surface area contributed by atoms with Gasteiger partial charge in [0.05, 0.1) is 6.04 Å². The first-order valence-corrected chi connectivity index (χ1v) is 5.62. The van der Waals surface area contributed by atoms with Crippen LogP contribution in [-0.2, 0) is 0 Å². The topological polar surface area (TPSA) is 42.1 Å². The van der Waals surface area contributed by atoms with Gasteiger partial charge in [-0.1, -0.05) is 36.4 Å². The van der Waals surface area contributed by atoms with E-state index < -0.39 is 0 Å². The first-order chi connectivity index (χ1) is 8.18. The van der Waals surface area contributed by atoms with Gasteiger partial charge in [-0.2, -0.15) is 0 Å². The second-order valence-corrected chi connectivity index (χ2v) is 4.23. The van der Waals surface area contributed by atoms with E-state index in [2.05, 4.69) is 4.98 Å². The van der Waals surface area contributed by atoms with Crippen molar-refractivity contribution < 1.29 is 0 Å². The quantitative estimate of drug-likeness (QED) is 0.874. The molecule has 2 N–H and O–H groups in total. The molecule has 0 amide bonds. The Morgan fingerprint density at radius 2 is 1.71 bits per heavy atom. The van der Waals surface area contributed by atoms with E-state index in [1.165, 1.54) is 0 Å². The Labute approximate surface area is 102 Å². The molecule has 1 aromatic carbocycles. The van der Waals surface area contributed by atoms with Crippen LogP contribution in [0.5, 0.6) is 0 Å². The second-order valence-electron chi connectivity index (χ2n) is 4.23. The van der Waals surface area contributed by atoms with Gasteiger partial charge in [-0.25, -0.2) is 4.98 Å². The van der Waals surface area contributed by atoms with E-state index in [-0.39, 0.29) is 6.04 Å². The van der Waals surface area contributed by atoms with E-state index >= 15 is 0 Å². The number of nitrogens with zero attached hydrogens (tertiary/aromatic N) is 2. The summed E-state index contributed by atoms with van der Waals surface area (Å²) in [5.74, 6) is 0.939. The van der Waals surface area contributed by atoms with Gasteiger partial charge >= 0.3 is 0 Å². The minimum atomic E-state index is -0.111. The number of pyridine rings is 1. The monoisotopic (exact) mass is 227 g/mol. The van der Waals surface area contributed by atoms with Crippen LogP contribution < -0.4 is 10.6 Å². The van der Waals surface area contributed by atoms with Crippen molar-refractivity contribution in [2.24, 2.45) is 5.73 Å². The zero-order valence-corrected chi connectivity index (χ0v) is 10.2. The van der Waals surface area contributed by atoms with Crippen molar-refractivity contribution in [2.75, 3.05) is 19.0 Å². The summed E-state index contributed by atoms with van der Waals surface area (Å²) in [6, 6.07) is 13.9. The maximum Gasteiger partial charge on any atom is 0.127 e. The van der Waals surface area contributed by atoms with Crippen LogP contribution >= 0.6 is 0 Å². The number of hydrogen-bond acceptors (Lipinski definition) is 3. The molecule has 0 bridgehead atoms. The first-order valence-electron chi connectivity index (χ1n) is 5.62. The van der Waals surface area contributed by atoms with E-state index in [0.717, 1.165) is 16.9 Å². The third-order valence-electron chi connectivity index (χ3n) is 2.75. The maximum absolute atomic E-state index is 6.19. The molecule has 0 fully saturated rings. The summed E-state index contributed by atoms with van der Waals surface area (Å²) in [4.78, 5) is 6.34. The van der Waals surface area contributed by atoms with Gasteiger partial charge in [-0.05, 0) is 17.2 Å². The van der Waals surface area contributed by atoms with Crippen molar-refractivity contribution in [1.82, 2.24) is 4.98 Å². The fourth-order valence-corrected chi connectivity index (χ4v) is 1.70. The minimum absolute atomic E-state index is 0.111. The van der Waals surface area contributed by atoms with Gasteiger partial charge in [0.15, 0.2) is 0 Å². The molecule has 17 heavy (non-hydrogen) atoms. The fourth-order valence-electron chi connectivity index (χ4n) is 1.70. The lowest BCUT2D eigenvalue weighted by molar-refractivity contribution is 0.861. The maximum atomic E-state index is 6.19. The summed E-state index contributed by atoms with van der Waals surface area (Å²) in [6.07, 6.45) is 1.84. The number of rotatable bonds is 3. The highest BCUT2D eigenvalue weighted by atomic mass is 15.1. The molecule has 0 saturated carbocycles. The molecule has 1 heterocycles. The Hall–Kier alpha value is -1.87. The lowest BCUT2D eigenvalue weighted by Crippen LogP contribution is -2.14. The van der Waals surface area contributed by atoms with Gasteiger partial charge in [-0.3, -0.25) is 0 Å². The van der Waals surface area contributed by atoms with Gasteiger partial charge in [0.2, 0.25) is 0 Å². The Morgan fingerprint density at radius 1 is 1.00 bits per heavy atom. The molecule has 0 saturated heterocycles. The zero-order valence-electron chi connectivity index (χ0n) is 10.2. The predicted molar refractivity (Wildman–Crippen MR) is 71.0 cm³/mol. The van der Waals surface area contributed by atoms with E-state index in [9.17, 15) is 0 Å². The van der Waals surface area contributed by atoms with E-state index in [1.54, 1.807) is 0 Å². The molecule has 0 aliphatic carbocycles. The van der Waals surface area contributed by atoms with Crippen molar-refractivity contribution in [3.63, 3.8) is 0 Å². The summed E-state index contributed by atoms with van der Waals surface area (Å²) in [7, 11) is 3.94. The molecule has 0 spiro atoms. The van der Waals surface area contributed by atoms with Crippen LogP contribution in [0.15, 0.2) is 48.7 Å². The first kappa shape index (κ1) is 11.6. The lowest BCUT2D eigenvalue weighted by Gasteiger charge is -2.15. The van der Waals surface area contributed by atoms with Crippen molar-refractivity contribution >= 4 is 5.82 Å². The number of hydrogen-bond donors (Lipinski definition) is 1. The van der Waals surface area contributed by atoms with Crippen LogP contribution in [0.4, 0.5) is 5.82 Å². The molecule has 0 radical (unpaired) electrons. The van der Waals surface area contributed by atoms with E-state index in [1.807, 2.05) is 67.7 Å². The van der Waals surface area contributed by atoms with Gasteiger partial charge in [0, 0.05) is 20.3 Å². The Morgan fingerprint density at radius 3 is 2.24 bits per heavy atom. The zero-order chi connectivity index (χ0) is 12.3. The molecule has 1 atom stereocenters. The molecular weight excluding hydrogens is 210 g/mol. The summed E-state index contributed by atoms with van der Waals surface area (Å²) in [5, 5.41) is 0. The highest BCUT2D eigenvalue weighted by molar-refractivity contribution is 5.39. The molecule has 2 rings (SSSR count). The summed E-state index contributed by atoms with van der Waals surface area (Å²) >= 11 is 0.